The Labute approximate surface area is 97.0 Å². The summed E-state index contributed by atoms with van der Waals surface area (Å²) in [7, 11) is -4.70. The monoisotopic (exact) mass is 269 g/mol. The lowest BCUT2D eigenvalue weighted by Gasteiger charge is -2.22. The van der Waals surface area contributed by atoms with Crippen LogP contribution in [-0.2, 0) is 19.8 Å². The smallest absolute Gasteiger partial charge is 0.328 e. The standard InChI is InChI=1S/C8H12FNO6S/c9-17(15,16)4-5-1-7(12)10(2-5)6(3-11)8(13)14/h5-6,11H,1-4H2,(H,13,14). The fourth-order valence-corrected chi connectivity index (χ4v) is 2.60. The number of rotatable bonds is 5. The summed E-state index contributed by atoms with van der Waals surface area (Å²) in [5.74, 6) is -3.57. The van der Waals surface area contributed by atoms with Crippen LogP contribution in [0.25, 0.3) is 0 Å². The number of halogens is 1. The van der Waals surface area contributed by atoms with Gasteiger partial charge in [0.25, 0.3) is 0 Å². The first-order valence-electron chi connectivity index (χ1n) is 4.80. The molecule has 1 saturated heterocycles. The first-order valence-corrected chi connectivity index (χ1v) is 6.35. The molecule has 0 spiro atoms. The lowest BCUT2D eigenvalue weighted by Crippen LogP contribution is -2.44. The lowest BCUT2D eigenvalue weighted by molar-refractivity contribution is -0.149. The summed E-state index contributed by atoms with van der Waals surface area (Å²) in [5, 5.41) is 17.6. The SMILES string of the molecule is O=C(O)C(CO)N1CC(CS(=O)(=O)F)CC1=O. The molecule has 0 aromatic carbocycles. The van der Waals surface area contributed by atoms with Crippen molar-refractivity contribution in [1.82, 2.24) is 4.90 Å². The van der Waals surface area contributed by atoms with Gasteiger partial charge in [-0.15, -0.1) is 3.89 Å². The second-order valence-electron chi connectivity index (χ2n) is 3.86. The summed E-state index contributed by atoms with van der Waals surface area (Å²) in [6.45, 7) is -0.949. The van der Waals surface area contributed by atoms with Crippen LogP contribution in [0, 0.1) is 5.92 Å². The van der Waals surface area contributed by atoms with E-state index >= 15 is 0 Å². The highest BCUT2D eigenvalue weighted by Gasteiger charge is 2.38. The summed E-state index contributed by atoms with van der Waals surface area (Å²) in [6.07, 6.45) is -0.229. The number of aliphatic hydroxyl groups is 1. The van der Waals surface area contributed by atoms with Gasteiger partial charge in [-0.1, -0.05) is 0 Å². The Morgan fingerprint density at radius 3 is 2.59 bits per heavy atom. The van der Waals surface area contributed by atoms with E-state index in [0.717, 1.165) is 4.90 Å². The van der Waals surface area contributed by atoms with E-state index in [1.165, 1.54) is 0 Å². The number of amides is 1. The van der Waals surface area contributed by atoms with Crippen LogP contribution in [0.2, 0.25) is 0 Å². The van der Waals surface area contributed by atoms with Gasteiger partial charge >= 0.3 is 16.2 Å². The number of hydrogen-bond acceptors (Lipinski definition) is 5. The number of carbonyl (C=O) groups is 2. The van der Waals surface area contributed by atoms with Crippen LogP contribution >= 0.6 is 0 Å². The molecule has 7 nitrogen and oxygen atoms in total. The van der Waals surface area contributed by atoms with Crippen LogP contribution in [0.5, 0.6) is 0 Å². The highest BCUT2D eigenvalue weighted by Crippen LogP contribution is 2.22. The van der Waals surface area contributed by atoms with E-state index in [0.29, 0.717) is 0 Å². The van der Waals surface area contributed by atoms with E-state index in [1.54, 1.807) is 0 Å². The van der Waals surface area contributed by atoms with Gasteiger partial charge in [-0.25, -0.2) is 4.79 Å². The Balaban J connectivity index is 2.73. The Kier molecular flexibility index (Phi) is 4.04. The van der Waals surface area contributed by atoms with E-state index in [9.17, 15) is 21.9 Å². The van der Waals surface area contributed by atoms with Crippen molar-refractivity contribution in [3.8, 4) is 0 Å². The van der Waals surface area contributed by atoms with Crippen molar-refractivity contribution in [2.24, 2.45) is 5.92 Å². The molecule has 2 N–H and O–H groups in total. The average Bonchev–Trinajstić information content (AvgIpc) is 2.44. The number of carboxylic acids is 1. The summed E-state index contributed by atoms with van der Waals surface area (Å²) in [4.78, 5) is 23.0. The molecule has 0 aromatic rings. The molecule has 0 aliphatic carbocycles. The van der Waals surface area contributed by atoms with Crippen LogP contribution in [-0.4, -0.2) is 60.4 Å². The second kappa shape index (κ2) is 4.96. The molecule has 9 heteroatoms. The first kappa shape index (κ1) is 13.8. The summed E-state index contributed by atoms with van der Waals surface area (Å²) < 4.78 is 33.2. The number of hydrogen-bond donors (Lipinski definition) is 2. The zero-order valence-corrected chi connectivity index (χ0v) is 9.56. The maximum Gasteiger partial charge on any atom is 0.328 e. The third-order valence-electron chi connectivity index (χ3n) is 2.51. The molecular formula is C8H12FNO6S. The van der Waals surface area contributed by atoms with Crippen LogP contribution in [0.4, 0.5) is 3.89 Å². The summed E-state index contributed by atoms with van der Waals surface area (Å²) in [6, 6.07) is -1.41. The number of likely N-dealkylation sites (tertiary alicyclic amines) is 1. The van der Waals surface area contributed by atoms with Crippen LogP contribution in [0.15, 0.2) is 0 Å². The topological polar surface area (TPSA) is 112 Å². The number of aliphatic hydroxyl groups excluding tert-OH is 1. The minimum absolute atomic E-state index is 0.181. The third-order valence-corrected chi connectivity index (χ3v) is 3.38. The van der Waals surface area contributed by atoms with Gasteiger partial charge < -0.3 is 15.1 Å². The minimum atomic E-state index is -4.70. The number of carbonyl (C=O) groups excluding carboxylic acids is 1. The zero-order chi connectivity index (χ0) is 13.2. The van der Waals surface area contributed by atoms with Crippen LogP contribution in [0.1, 0.15) is 6.42 Å². The van der Waals surface area contributed by atoms with Crippen molar-refractivity contribution in [3.05, 3.63) is 0 Å². The quantitative estimate of drug-likeness (QED) is 0.592. The van der Waals surface area contributed by atoms with E-state index in [-0.39, 0.29) is 13.0 Å². The fourth-order valence-electron chi connectivity index (χ4n) is 1.81. The Bertz CT molecular complexity index is 422. The van der Waals surface area contributed by atoms with Gasteiger partial charge in [-0.2, -0.15) is 8.42 Å². The molecule has 1 aliphatic rings. The molecule has 98 valence electrons. The highest BCUT2D eigenvalue weighted by molar-refractivity contribution is 7.86. The molecule has 0 radical (unpaired) electrons. The van der Waals surface area contributed by atoms with Gasteiger partial charge in [0.2, 0.25) is 5.91 Å². The number of aliphatic carboxylic acids is 1. The van der Waals surface area contributed by atoms with E-state index in [2.05, 4.69) is 0 Å². The molecular weight excluding hydrogens is 257 g/mol. The van der Waals surface area contributed by atoms with Crippen molar-refractivity contribution >= 4 is 22.1 Å². The molecule has 1 heterocycles. The Morgan fingerprint density at radius 2 is 2.18 bits per heavy atom. The molecule has 2 atom stereocenters. The third kappa shape index (κ3) is 3.63. The summed E-state index contributed by atoms with van der Waals surface area (Å²) >= 11 is 0. The summed E-state index contributed by atoms with van der Waals surface area (Å²) in [5.41, 5.74) is 0. The largest absolute Gasteiger partial charge is 0.480 e. The van der Waals surface area contributed by atoms with E-state index in [1.807, 2.05) is 0 Å². The maximum atomic E-state index is 12.4. The van der Waals surface area contributed by atoms with Gasteiger partial charge in [0.15, 0.2) is 6.04 Å². The lowest BCUT2D eigenvalue weighted by atomic mass is 10.1. The van der Waals surface area contributed by atoms with E-state index in [4.69, 9.17) is 10.2 Å². The number of carboxylic acid groups (broad SMARTS) is 1. The predicted molar refractivity (Wildman–Crippen MR) is 53.2 cm³/mol. The van der Waals surface area contributed by atoms with Gasteiger partial charge in [0.1, 0.15) is 0 Å². The second-order valence-corrected chi connectivity index (χ2v) is 5.27. The molecule has 1 fully saturated rings. The highest BCUT2D eigenvalue weighted by atomic mass is 32.3. The molecule has 17 heavy (non-hydrogen) atoms. The van der Waals surface area contributed by atoms with Gasteiger partial charge in [0.05, 0.1) is 12.4 Å². The van der Waals surface area contributed by atoms with Gasteiger partial charge in [0, 0.05) is 18.9 Å². The zero-order valence-electron chi connectivity index (χ0n) is 8.74. The van der Waals surface area contributed by atoms with Gasteiger partial charge in [-0.3, -0.25) is 4.79 Å². The molecule has 0 saturated carbocycles. The molecule has 1 rings (SSSR count). The normalized spacial score (nSPS) is 22.8. The van der Waals surface area contributed by atoms with Crippen molar-refractivity contribution in [2.75, 3.05) is 18.9 Å². The molecule has 0 aromatic heterocycles. The molecule has 1 amide bonds. The van der Waals surface area contributed by atoms with Crippen molar-refractivity contribution in [2.45, 2.75) is 12.5 Å². The molecule has 1 aliphatic heterocycles. The van der Waals surface area contributed by atoms with Crippen molar-refractivity contribution < 1.29 is 32.1 Å². The predicted octanol–water partition coefficient (Wildman–Crippen LogP) is -1.42. The van der Waals surface area contributed by atoms with Crippen LogP contribution in [0.3, 0.4) is 0 Å². The minimum Gasteiger partial charge on any atom is -0.480 e. The van der Waals surface area contributed by atoms with Crippen LogP contribution < -0.4 is 0 Å². The Morgan fingerprint density at radius 1 is 1.59 bits per heavy atom. The number of nitrogens with zero attached hydrogens (tertiary/aromatic N) is 1. The maximum absolute atomic E-state index is 12.4. The Hall–Kier alpha value is -1.22. The fraction of sp³-hybridized carbons (Fsp3) is 0.750. The first-order chi connectivity index (χ1) is 7.74. The van der Waals surface area contributed by atoms with Crippen molar-refractivity contribution in [1.29, 1.82) is 0 Å². The molecule has 0 bridgehead atoms. The van der Waals surface area contributed by atoms with Gasteiger partial charge in [-0.05, 0) is 0 Å². The average molecular weight is 269 g/mol. The van der Waals surface area contributed by atoms with Crippen molar-refractivity contribution in [3.63, 3.8) is 0 Å². The van der Waals surface area contributed by atoms with E-state index < -0.39 is 46.4 Å². The molecule has 2 unspecified atom stereocenters.